The number of aromatic nitrogens is 2. The molecule has 0 aliphatic heterocycles. The molecule has 1 N–H and O–H groups in total. The SMILES string of the molecule is CC(C)C(=O)N(C)c1ccc(-c2ccc(Cl)cc2)c(COc2ccc(-c3nc4cc(C(=O)O)ccc4n3C3CCCCC3)c(F)c2)c1.Cl. The molecule has 1 amide bonds. The first-order valence-electron chi connectivity index (χ1n) is 15.9. The van der Waals surface area contributed by atoms with Crippen LogP contribution >= 0.6 is 24.0 Å². The van der Waals surface area contributed by atoms with Crippen molar-refractivity contribution in [2.45, 2.75) is 58.6 Å². The van der Waals surface area contributed by atoms with Crippen molar-refractivity contribution in [2.75, 3.05) is 11.9 Å². The number of ether oxygens (including phenoxy) is 1. The average Bonchev–Trinajstić information content (AvgIpc) is 3.46. The highest BCUT2D eigenvalue weighted by Crippen LogP contribution is 2.38. The summed E-state index contributed by atoms with van der Waals surface area (Å²) in [6.45, 7) is 3.86. The lowest BCUT2D eigenvalue weighted by Crippen LogP contribution is -2.30. The number of carbonyl (C=O) groups excluding carboxylic acids is 1. The maximum absolute atomic E-state index is 16.0. The first kappa shape index (κ1) is 34.9. The summed E-state index contributed by atoms with van der Waals surface area (Å²) in [7, 11) is 1.75. The van der Waals surface area contributed by atoms with Crippen molar-refractivity contribution in [3.63, 3.8) is 0 Å². The quantitative estimate of drug-likeness (QED) is 0.166. The normalized spacial score (nSPS) is 13.4. The molecule has 0 spiro atoms. The predicted octanol–water partition coefficient (Wildman–Crippen LogP) is 9.99. The summed E-state index contributed by atoms with van der Waals surface area (Å²) >= 11 is 6.15. The van der Waals surface area contributed by atoms with Gasteiger partial charge in [0, 0.05) is 35.8 Å². The van der Waals surface area contributed by atoms with Crippen molar-refractivity contribution < 1.29 is 23.8 Å². The third-order valence-electron chi connectivity index (χ3n) is 8.91. The van der Waals surface area contributed by atoms with Gasteiger partial charge in [0.05, 0.1) is 22.2 Å². The number of rotatable bonds is 9. The van der Waals surface area contributed by atoms with Gasteiger partial charge in [0.25, 0.3) is 0 Å². The number of carbonyl (C=O) groups is 2. The molecule has 1 aliphatic rings. The minimum absolute atomic E-state index is 0. The molecule has 250 valence electrons. The second-order valence-corrected chi connectivity index (χ2v) is 12.9. The van der Waals surface area contributed by atoms with E-state index in [0.29, 0.717) is 27.7 Å². The van der Waals surface area contributed by atoms with Gasteiger partial charge in [-0.15, -0.1) is 12.4 Å². The van der Waals surface area contributed by atoms with E-state index in [0.717, 1.165) is 60.0 Å². The van der Waals surface area contributed by atoms with Crippen LogP contribution in [0, 0.1) is 11.7 Å². The summed E-state index contributed by atoms with van der Waals surface area (Å²) in [5, 5.41) is 10.2. The van der Waals surface area contributed by atoms with E-state index in [4.69, 9.17) is 21.3 Å². The van der Waals surface area contributed by atoms with Crippen LogP contribution in [0.4, 0.5) is 10.1 Å². The van der Waals surface area contributed by atoms with Crippen molar-refractivity contribution in [3.05, 3.63) is 101 Å². The molecule has 48 heavy (non-hydrogen) atoms. The number of carboxylic acid groups (broad SMARTS) is 1. The summed E-state index contributed by atoms with van der Waals surface area (Å²) in [6.07, 6.45) is 5.22. The molecular formula is C38H38Cl2FN3O4. The Morgan fingerprint density at radius 1 is 0.979 bits per heavy atom. The van der Waals surface area contributed by atoms with E-state index in [2.05, 4.69) is 4.57 Å². The number of fused-ring (bicyclic) bond motifs is 1. The number of nitrogens with zero attached hydrogens (tertiary/aromatic N) is 3. The van der Waals surface area contributed by atoms with Crippen LogP contribution in [0.1, 0.15) is 67.9 Å². The fraction of sp³-hybridized carbons (Fsp3) is 0.289. The lowest BCUT2D eigenvalue weighted by Gasteiger charge is -2.26. The second-order valence-electron chi connectivity index (χ2n) is 12.4. The van der Waals surface area contributed by atoms with Crippen LogP contribution < -0.4 is 9.64 Å². The number of imidazole rings is 1. The number of carboxylic acids is 1. The molecule has 1 aromatic heterocycles. The maximum Gasteiger partial charge on any atom is 0.335 e. The third kappa shape index (κ3) is 7.20. The Bertz CT molecular complexity index is 1950. The van der Waals surface area contributed by atoms with E-state index in [9.17, 15) is 14.7 Å². The monoisotopic (exact) mass is 689 g/mol. The maximum atomic E-state index is 16.0. The van der Waals surface area contributed by atoms with Gasteiger partial charge in [-0.1, -0.05) is 62.9 Å². The molecule has 7 nitrogen and oxygen atoms in total. The molecule has 0 bridgehead atoms. The van der Waals surface area contributed by atoms with Crippen LogP contribution in [0.5, 0.6) is 5.75 Å². The van der Waals surface area contributed by atoms with Crippen LogP contribution in [0.2, 0.25) is 5.02 Å². The Morgan fingerprint density at radius 3 is 2.35 bits per heavy atom. The van der Waals surface area contributed by atoms with Crippen molar-refractivity contribution in [1.29, 1.82) is 0 Å². The molecule has 5 aromatic rings. The molecule has 0 radical (unpaired) electrons. The van der Waals surface area contributed by atoms with Gasteiger partial charge >= 0.3 is 5.97 Å². The van der Waals surface area contributed by atoms with Gasteiger partial charge in [0.1, 0.15) is 24.0 Å². The van der Waals surface area contributed by atoms with Gasteiger partial charge in [-0.2, -0.15) is 0 Å². The fourth-order valence-electron chi connectivity index (χ4n) is 6.39. The fourth-order valence-corrected chi connectivity index (χ4v) is 6.52. The highest BCUT2D eigenvalue weighted by atomic mass is 35.5. The van der Waals surface area contributed by atoms with Crippen molar-refractivity contribution in [3.8, 4) is 28.3 Å². The summed E-state index contributed by atoms with van der Waals surface area (Å²) < 4.78 is 24.2. The predicted molar refractivity (Wildman–Crippen MR) is 191 cm³/mol. The Balaban J connectivity index is 0.00000451. The number of aromatic carboxylic acids is 1. The average molecular weight is 691 g/mol. The molecule has 1 aliphatic carbocycles. The highest BCUT2D eigenvalue weighted by Gasteiger charge is 2.25. The number of anilines is 1. The van der Waals surface area contributed by atoms with Crippen molar-refractivity contribution >= 4 is 52.6 Å². The lowest BCUT2D eigenvalue weighted by atomic mass is 9.94. The summed E-state index contributed by atoms with van der Waals surface area (Å²) in [5.41, 5.74) is 5.20. The Kier molecular flexibility index (Phi) is 10.8. The van der Waals surface area contributed by atoms with E-state index in [-0.39, 0.29) is 42.4 Å². The second kappa shape index (κ2) is 14.8. The number of hydrogen-bond donors (Lipinski definition) is 1. The Morgan fingerprint density at radius 2 is 1.69 bits per heavy atom. The number of amides is 1. The molecule has 1 fully saturated rings. The lowest BCUT2D eigenvalue weighted by molar-refractivity contribution is -0.121. The minimum atomic E-state index is -1.03. The first-order valence-corrected chi connectivity index (χ1v) is 16.3. The Hall–Kier alpha value is -4.40. The molecule has 4 aromatic carbocycles. The van der Waals surface area contributed by atoms with Gasteiger partial charge in [0.15, 0.2) is 0 Å². The molecule has 10 heteroatoms. The zero-order valence-corrected chi connectivity index (χ0v) is 28.7. The molecule has 6 rings (SSSR count). The zero-order chi connectivity index (χ0) is 33.2. The topological polar surface area (TPSA) is 84.7 Å². The zero-order valence-electron chi connectivity index (χ0n) is 27.1. The van der Waals surface area contributed by atoms with E-state index in [1.54, 1.807) is 42.3 Å². The molecule has 0 saturated heterocycles. The van der Waals surface area contributed by atoms with E-state index in [1.165, 1.54) is 6.07 Å². The van der Waals surface area contributed by atoms with Crippen LogP contribution in [0.3, 0.4) is 0 Å². The highest BCUT2D eigenvalue weighted by molar-refractivity contribution is 6.30. The minimum Gasteiger partial charge on any atom is -0.489 e. The molecule has 0 unspecified atom stereocenters. The standard InChI is InChI=1S/C38H37ClFN3O4.ClH/c1-23(2)37(44)42(3)29-14-16-31(24-9-12-27(39)13-10-24)26(19-29)22-47-30-15-17-32(33(40)21-30)36-41-34-20-25(38(45)46)11-18-35(34)43(36)28-7-5-4-6-8-28;/h9-21,23,28H,4-8,22H2,1-3H3,(H,45,46);1H. The molecular weight excluding hydrogens is 652 g/mol. The van der Waals surface area contributed by atoms with Gasteiger partial charge in [-0.05, 0) is 84.1 Å². The van der Waals surface area contributed by atoms with Crippen LogP contribution in [-0.4, -0.2) is 33.6 Å². The van der Waals surface area contributed by atoms with Gasteiger partial charge in [-0.3, -0.25) is 4.79 Å². The number of hydrogen-bond acceptors (Lipinski definition) is 4. The smallest absolute Gasteiger partial charge is 0.335 e. The molecule has 0 atom stereocenters. The summed E-state index contributed by atoms with van der Waals surface area (Å²) in [5.74, 6) is -0.860. The van der Waals surface area contributed by atoms with Crippen LogP contribution in [0.25, 0.3) is 33.5 Å². The molecule has 1 saturated carbocycles. The van der Waals surface area contributed by atoms with Crippen molar-refractivity contribution in [1.82, 2.24) is 9.55 Å². The van der Waals surface area contributed by atoms with Gasteiger partial charge in [-0.25, -0.2) is 14.2 Å². The van der Waals surface area contributed by atoms with Gasteiger partial charge in [0.2, 0.25) is 5.91 Å². The number of benzene rings is 4. The first-order chi connectivity index (χ1) is 22.6. The van der Waals surface area contributed by atoms with Crippen LogP contribution in [-0.2, 0) is 11.4 Å². The van der Waals surface area contributed by atoms with Gasteiger partial charge < -0.3 is 19.3 Å². The molecule has 1 heterocycles. The van der Waals surface area contributed by atoms with Crippen molar-refractivity contribution in [2.24, 2.45) is 5.92 Å². The summed E-state index contributed by atoms with van der Waals surface area (Å²) in [4.78, 5) is 30.8. The Labute approximate surface area is 290 Å². The van der Waals surface area contributed by atoms with E-state index in [1.807, 2.05) is 56.3 Å². The van der Waals surface area contributed by atoms with E-state index < -0.39 is 11.8 Å². The van der Waals surface area contributed by atoms with E-state index >= 15 is 4.39 Å². The largest absolute Gasteiger partial charge is 0.489 e. The third-order valence-corrected chi connectivity index (χ3v) is 9.16. The van der Waals surface area contributed by atoms with Crippen LogP contribution in [0.15, 0.2) is 78.9 Å². The number of halogens is 3. The summed E-state index contributed by atoms with van der Waals surface area (Å²) in [6, 6.07) is 23.1.